The number of nitrogens with zero attached hydrogens (tertiary/aromatic N) is 1. The fourth-order valence-electron chi connectivity index (χ4n) is 6.30. The Morgan fingerprint density at radius 1 is 1.05 bits per heavy atom. The Balaban J connectivity index is 1.37. The Morgan fingerprint density at radius 2 is 1.84 bits per heavy atom. The van der Waals surface area contributed by atoms with Gasteiger partial charge in [0, 0.05) is 31.2 Å². The standard InChI is InChI=1S/C33H45NO9S/c1-39-27-12-13-31-26(19-27)22-40-16-9-4-2-3-8-15-34(44(31,37)38)21-29(35)25(18-24-10-6-5-7-11-24)20-32(36)43-30-23-42-33-28(30)14-17-41-33/h5-7,10-13,19,25,28-30,33,35H,2-4,8-9,14-18,20-23H2,1H3/t25-,28+,29-,30+,33-/m1/s1. The number of hydrogen-bond donors (Lipinski definition) is 1. The van der Waals surface area contributed by atoms with Crippen LogP contribution in [0.25, 0.3) is 0 Å². The first-order chi connectivity index (χ1) is 21.3. The van der Waals surface area contributed by atoms with E-state index < -0.39 is 28.0 Å². The molecule has 242 valence electrons. The Hall–Kier alpha value is -2.54. The van der Waals surface area contributed by atoms with Crippen molar-refractivity contribution in [3.05, 3.63) is 59.7 Å². The smallest absolute Gasteiger partial charge is 0.306 e. The zero-order valence-electron chi connectivity index (χ0n) is 25.5. The first-order valence-electron chi connectivity index (χ1n) is 15.7. The number of ether oxygens (including phenoxy) is 5. The van der Waals surface area contributed by atoms with Crippen molar-refractivity contribution < 1.29 is 42.0 Å². The molecule has 0 unspecified atom stereocenters. The molecule has 0 amide bonds. The highest BCUT2D eigenvalue weighted by atomic mass is 32.2. The monoisotopic (exact) mass is 631 g/mol. The molecule has 10 nitrogen and oxygen atoms in total. The van der Waals surface area contributed by atoms with Crippen molar-refractivity contribution in [1.82, 2.24) is 4.31 Å². The molecule has 0 aromatic heterocycles. The summed E-state index contributed by atoms with van der Waals surface area (Å²) in [4.78, 5) is 13.4. The Labute approximate surface area is 260 Å². The van der Waals surface area contributed by atoms with Gasteiger partial charge in [-0.25, -0.2) is 8.42 Å². The SMILES string of the molecule is COc1ccc2c(c1)COCCCCCCCN(C[C@@H](O)[C@@H](CC(=O)O[C@H]1CO[C@H]3OCC[C@H]31)Cc1ccccc1)S2(=O)=O. The van der Waals surface area contributed by atoms with Crippen molar-refractivity contribution in [2.24, 2.45) is 11.8 Å². The summed E-state index contributed by atoms with van der Waals surface area (Å²) >= 11 is 0. The molecule has 1 N–H and O–H groups in total. The molecule has 5 atom stereocenters. The van der Waals surface area contributed by atoms with E-state index >= 15 is 0 Å². The first-order valence-corrected chi connectivity index (χ1v) is 17.2. The summed E-state index contributed by atoms with van der Waals surface area (Å²) in [5, 5.41) is 11.7. The number of β-amino-alcohol motifs (C(OH)–C–C–N with tert-alkyl or cyclic N) is 1. The average molecular weight is 632 g/mol. The van der Waals surface area contributed by atoms with Crippen LogP contribution in [0.5, 0.6) is 5.75 Å². The quantitative estimate of drug-likeness (QED) is 0.408. The minimum Gasteiger partial charge on any atom is -0.497 e. The third-order valence-electron chi connectivity index (χ3n) is 8.81. The first kappa shape index (κ1) is 32.8. The van der Waals surface area contributed by atoms with Crippen molar-refractivity contribution in [2.45, 2.75) is 81.4 Å². The van der Waals surface area contributed by atoms with E-state index in [0.717, 1.165) is 37.7 Å². The molecule has 2 saturated heterocycles. The maximum absolute atomic E-state index is 14.2. The van der Waals surface area contributed by atoms with Crippen molar-refractivity contribution >= 4 is 16.0 Å². The van der Waals surface area contributed by atoms with Crippen molar-refractivity contribution in [3.8, 4) is 5.75 Å². The molecular formula is C33H45NO9S. The summed E-state index contributed by atoms with van der Waals surface area (Å²) in [6, 6.07) is 14.5. The molecule has 11 heteroatoms. The summed E-state index contributed by atoms with van der Waals surface area (Å²) in [7, 11) is -2.48. The lowest BCUT2D eigenvalue weighted by molar-refractivity contribution is -0.153. The second-order valence-corrected chi connectivity index (χ2v) is 13.8. The molecule has 0 saturated carbocycles. The van der Waals surface area contributed by atoms with E-state index in [9.17, 15) is 18.3 Å². The van der Waals surface area contributed by atoms with Crippen LogP contribution in [0.4, 0.5) is 0 Å². The summed E-state index contributed by atoms with van der Waals surface area (Å²) in [6.45, 7) is 1.67. The van der Waals surface area contributed by atoms with Gasteiger partial charge in [0.25, 0.3) is 0 Å². The fraction of sp³-hybridized carbons (Fsp3) is 0.606. The minimum absolute atomic E-state index is 0.01000. The zero-order chi connectivity index (χ0) is 30.9. The van der Waals surface area contributed by atoms with E-state index in [1.165, 1.54) is 11.4 Å². The molecule has 0 radical (unpaired) electrons. The molecule has 2 aromatic rings. The third kappa shape index (κ3) is 8.38. The molecular weight excluding hydrogens is 586 g/mol. The van der Waals surface area contributed by atoms with Crippen LogP contribution >= 0.6 is 0 Å². The summed E-state index contributed by atoms with van der Waals surface area (Å²) < 4.78 is 58.0. The molecule has 0 aliphatic carbocycles. The molecule has 2 fully saturated rings. The van der Waals surface area contributed by atoms with Gasteiger partial charge in [-0.05, 0) is 49.4 Å². The second-order valence-electron chi connectivity index (χ2n) is 11.9. The normalized spacial score (nSPS) is 25.8. The average Bonchev–Trinajstić information content (AvgIpc) is 3.64. The maximum atomic E-state index is 14.2. The minimum atomic E-state index is -4.01. The van der Waals surface area contributed by atoms with Gasteiger partial charge >= 0.3 is 5.97 Å². The van der Waals surface area contributed by atoms with Gasteiger partial charge in [0.2, 0.25) is 10.0 Å². The third-order valence-corrected chi connectivity index (χ3v) is 10.8. The predicted molar refractivity (Wildman–Crippen MR) is 162 cm³/mol. The van der Waals surface area contributed by atoms with Gasteiger partial charge in [-0.3, -0.25) is 4.79 Å². The lowest BCUT2D eigenvalue weighted by Gasteiger charge is -2.30. The second kappa shape index (κ2) is 15.6. The van der Waals surface area contributed by atoms with Crippen LogP contribution < -0.4 is 4.74 Å². The van der Waals surface area contributed by atoms with Crippen molar-refractivity contribution in [2.75, 3.05) is 40.0 Å². The lowest BCUT2D eigenvalue weighted by atomic mass is 9.90. The summed E-state index contributed by atoms with van der Waals surface area (Å²) in [6.07, 6.45) is 3.68. The maximum Gasteiger partial charge on any atom is 0.306 e. The van der Waals surface area contributed by atoms with Gasteiger partial charge in [-0.2, -0.15) is 4.31 Å². The van der Waals surface area contributed by atoms with E-state index in [1.54, 1.807) is 18.2 Å². The van der Waals surface area contributed by atoms with E-state index in [1.807, 2.05) is 30.3 Å². The number of carbonyl (C=O) groups is 1. The predicted octanol–water partition coefficient (Wildman–Crippen LogP) is 4.08. The number of aliphatic hydroxyl groups excluding tert-OH is 1. The highest BCUT2D eigenvalue weighted by Gasteiger charge is 2.44. The van der Waals surface area contributed by atoms with Crippen molar-refractivity contribution in [3.63, 3.8) is 0 Å². The summed E-state index contributed by atoms with van der Waals surface area (Å²) in [5.41, 5.74) is 1.46. The molecule has 3 heterocycles. The number of sulfonamides is 1. The van der Waals surface area contributed by atoms with E-state index in [-0.39, 0.29) is 55.9 Å². The molecule has 3 aliphatic heterocycles. The lowest BCUT2D eigenvalue weighted by Crippen LogP contribution is -2.42. The number of methoxy groups -OCH3 is 1. The Bertz CT molecular complexity index is 1320. The number of fused-ring (bicyclic) bond motifs is 2. The van der Waals surface area contributed by atoms with Gasteiger partial charge < -0.3 is 28.8 Å². The van der Waals surface area contributed by atoms with Gasteiger partial charge in [0.15, 0.2) is 6.29 Å². The van der Waals surface area contributed by atoms with Gasteiger partial charge in [0.05, 0.1) is 50.3 Å². The van der Waals surface area contributed by atoms with Gasteiger partial charge in [0.1, 0.15) is 11.9 Å². The van der Waals surface area contributed by atoms with E-state index in [4.69, 9.17) is 23.7 Å². The zero-order valence-corrected chi connectivity index (χ0v) is 26.3. The van der Waals surface area contributed by atoms with Gasteiger partial charge in [-0.1, -0.05) is 49.6 Å². The molecule has 5 rings (SSSR count). The van der Waals surface area contributed by atoms with Crippen LogP contribution in [0.1, 0.15) is 56.1 Å². The van der Waals surface area contributed by atoms with Crippen LogP contribution in [0.3, 0.4) is 0 Å². The van der Waals surface area contributed by atoms with Crippen LogP contribution in [0.15, 0.2) is 53.4 Å². The number of hydrogen-bond acceptors (Lipinski definition) is 9. The summed E-state index contributed by atoms with van der Waals surface area (Å²) in [5.74, 6) is -0.450. The Kier molecular flexibility index (Phi) is 11.7. The molecule has 3 aliphatic rings. The van der Waals surface area contributed by atoms with Gasteiger partial charge in [-0.15, -0.1) is 0 Å². The van der Waals surface area contributed by atoms with Crippen LogP contribution in [-0.2, 0) is 46.8 Å². The number of benzene rings is 2. The van der Waals surface area contributed by atoms with E-state index in [2.05, 4.69) is 0 Å². The molecule has 2 aromatic carbocycles. The number of esters is 1. The molecule has 0 spiro atoms. The molecule has 44 heavy (non-hydrogen) atoms. The van der Waals surface area contributed by atoms with Crippen molar-refractivity contribution in [1.29, 1.82) is 0 Å². The van der Waals surface area contributed by atoms with Crippen LogP contribution in [-0.4, -0.2) is 82.3 Å². The number of rotatable bonds is 9. The fourth-order valence-corrected chi connectivity index (χ4v) is 7.98. The number of aliphatic hydroxyl groups is 1. The largest absolute Gasteiger partial charge is 0.497 e. The number of carbonyl (C=O) groups excluding carboxylic acids is 1. The Morgan fingerprint density at radius 3 is 2.66 bits per heavy atom. The highest BCUT2D eigenvalue weighted by Crippen LogP contribution is 2.34. The van der Waals surface area contributed by atoms with Crippen LogP contribution in [0, 0.1) is 11.8 Å². The van der Waals surface area contributed by atoms with E-state index in [0.29, 0.717) is 37.4 Å². The van der Waals surface area contributed by atoms with Crippen LogP contribution in [0.2, 0.25) is 0 Å². The molecule has 0 bridgehead atoms. The highest BCUT2D eigenvalue weighted by molar-refractivity contribution is 7.89. The topological polar surface area (TPSA) is 121 Å².